The van der Waals surface area contributed by atoms with Gasteiger partial charge in [0.05, 0.1) is 11.5 Å². The summed E-state index contributed by atoms with van der Waals surface area (Å²) in [6, 6.07) is 3.55. The summed E-state index contributed by atoms with van der Waals surface area (Å²) in [5, 5.41) is 10.8. The van der Waals surface area contributed by atoms with Gasteiger partial charge in [0.1, 0.15) is 0 Å². The normalized spacial score (nSPS) is 13.7. The molecule has 15 heavy (non-hydrogen) atoms. The number of hydrogen-bond acceptors (Lipinski definition) is 4. The smallest absolute Gasteiger partial charge is 0.548 e. The number of hydrogen-bond donors (Lipinski definition) is 1. The number of aromatic nitrogens is 1. The third kappa shape index (κ3) is 3.91. The van der Waals surface area contributed by atoms with Gasteiger partial charge < -0.3 is 15.6 Å². The topological polar surface area (TPSA) is 79.0 Å². The molecule has 76 valence electrons. The number of carbonyl (C=O) groups excluding carboxylic acids is 1. The van der Waals surface area contributed by atoms with Crippen LogP contribution in [-0.4, -0.2) is 16.5 Å². The van der Waals surface area contributed by atoms with Gasteiger partial charge in [-0.3, -0.25) is 4.98 Å². The van der Waals surface area contributed by atoms with E-state index in [0.717, 1.165) is 5.56 Å². The molecule has 1 rings (SSSR count). The third-order valence-electron chi connectivity index (χ3n) is 2.28. The first-order valence-electron chi connectivity index (χ1n) is 4.48. The maximum atomic E-state index is 10.8. The second-order valence-corrected chi connectivity index (χ2v) is 3.34. The number of rotatable bonds is 4. The average Bonchev–Trinajstić information content (AvgIpc) is 2.19. The molecule has 2 N–H and O–H groups in total. The van der Waals surface area contributed by atoms with Gasteiger partial charge in [-0.25, -0.2) is 0 Å². The monoisotopic (exact) mass is 216 g/mol. The van der Waals surface area contributed by atoms with E-state index in [9.17, 15) is 9.90 Å². The van der Waals surface area contributed by atoms with Gasteiger partial charge in [0.2, 0.25) is 0 Å². The van der Waals surface area contributed by atoms with Gasteiger partial charge in [-0.15, -0.1) is 0 Å². The zero-order chi connectivity index (χ0) is 10.6. The molecule has 1 aromatic heterocycles. The van der Waals surface area contributed by atoms with Crippen molar-refractivity contribution in [3.8, 4) is 0 Å². The van der Waals surface area contributed by atoms with Gasteiger partial charge in [-0.2, -0.15) is 0 Å². The molecule has 0 aliphatic rings. The first-order chi connectivity index (χ1) is 6.58. The summed E-state index contributed by atoms with van der Waals surface area (Å²) >= 11 is 0. The van der Waals surface area contributed by atoms with E-state index >= 15 is 0 Å². The fourth-order valence-electron chi connectivity index (χ4n) is 1.21. The van der Waals surface area contributed by atoms with Crippen molar-refractivity contribution in [2.45, 2.75) is 25.3 Å². The summed E-state index contributed by atoms with van der Waals surface area (Å²) in [5.74, 6) is -1.22. The van der Waals surface area contributed by atoms with E-state index in [-0.39, 0.29) is 36.0 Å². The Balaban J connectivity index is 0.00000196. The van der Waals surface area contributed by atoms with Crippen LogP contribution in [-0.2, 0) is 11.2 Å². The molecule has 0 bridgehead atoms. The second-order valence-electron chi connectivity index (χ2n) is 3.34. The van der Waals surface area contributed by atoms with Crippen molar-refractivity contribution in [1.29, 1.82) is 0 Å². The molecule has 5 heteroatoms. The molecule has 0 saturated heterocycles. The third-order valence-corrected chi connectivity index (χ3v) is 2.28. The van der Waals surface area contributed by atoms with E-state index in [4.69, 9.17) is 5.73 Å². The van der Waals surface area contributed by atoms with Crippen LogP contribution in [0, 0.1) is 0 Å². The molecule has 0 fully saturated rings. The number of nitrogens with two attached hydrogens (primary N) is 1. The first-order valence-corrected chi connectivity index (χ1v) is 4.48. The summed E-state index contributed by atoms with van der Waals surface area (Å²) in [5.41, 5.74) is 5.20. The molecule has 1 unspecified atom stereocenters. The molecular formula is C10H13N2NaO2. The molecule has 0 aliphatic carbocycles. The van der Waals surface area contributed by atoms with Gasteiger partial charge in [-0.05, 0) is 24.5 Å². The predicted octanol–water partition coefficient (Wildman–Crippen LogP) is -3.51. The molecule has 0 radical (unpaired) electrons. The van der Waals surface area contributed by atoms with E-state index < -0.39 is 11.5 Å². The van der Waals surface area contributed by atoms with Crippen LogP contribution in [0.2, 0.25) is 0 Å². The Morgan fingerprint density at radius 2 is 2.33 bits per heavy atom. The Kier molecular flexibility index (Phi) is 6.05. The SMILES string of the molecule is CCC(N)(Cc1cccnc1)C(=O)[O-].[Na+]. The summed E-state index contributed by atoms with van der Waals surface area (Å²) in [6.45, 7) is 1.73. The Morgan fingerprint density at radius 3 is 2.73 bits per heavy atom. The van der Waals surface area contributed by atoms with Crippen LogP contribution < -0.4 is 40.4 Å². The second kappa shape index (κ2) is 6.23. The summed E-state index contributed by atoms with van der Waals surface area (Å²) in [7, 11) is 0. The van der Waals surface area contributed by atoms with E-state index in [1.165, 1.54) is 0 Å². The zero-order valence-electron chi connectivity index (χ0n) is 9.06. The van der Waals surface area contributed by atoms with Gasteiger partial charge in [0.15, 0.2) is 0 Å². The van der Waals surface area contributed by atoms with Crippen molar-refractivity contribution >= 4 is 5.97 Å². The number of nitrogens with zero attached hydrogens (tertiary/aromatic N) is 1. The van der Waals surface area contributed by atoms with Crippen molar-refractivity contribution in [3.05, 3.63) is 30.1 Å². The maximum absolute atomic E-state index is 10.8. The molecule has 0 aromatic carbocycles. The molecule has 1 atom stereocenters. The van der Waals surface area contributed by atoms with Crippen LogP contribution in [0.1, 0.15) is 18.9 Å². The minimum Gasteiger partial charge on any atom is -0.548 e. The molecule has 0 spiro atoms. The van der Waals surface area contributed by atoms with Crippen molar-refractivity contribution in [1.82, 2.24) is 4.98 Å². The van der Waals surface area contributed by atoms with Crippen molar-refractivity contribution in [2.24, 2.45) is 5.73 Å². The molecule has 1 aromatic rings. The van der Waals surface area contributed by atoms with E-state index in [2.05, 4.69) is 4.98 Å². The van der Waals surface area contributed by atoms with Crippen LogP contribution in [0.25, 0.3) is 0 Å². The van der Waals surface area contributed by atoms with Gasteiger partial charge in [0, 0.05) is 12.4 Å². The minimum absolute atomic E-state index is 0. The van der Waals surface area contributed by atoms with Crippen molar-refractivity contribution in [2.75, 3.05) is 0 Å². The van der Waals surface area contributed by atoms with Crippen molar-refractivity contribution in [3.63, 3.8) is 0 Å². The molecular weight excluding hydrogens is 203 g/mol. The number of carbonyl (C=O) groups is 1. The quantitative estimate of drug-likeness (QED) is 0.529. The van der Waals surface area contributed by atoms with Crippen molar-refractivity contribution < 1.29 is 39.5 Å². The molecule has 4 nitrogen and oxygen atoms in total. The van der Waals surface area contributed by atoms with Crippen LogP contribution in [0.4, 0.5) is 0 Å². The average molecular weight is 216 g/mol. The summed E-state index contributed by atoms with van der Waals surface area (Å²) in [6.07, 6.45) is 3.83. The first kappa shape index (κ1) is 14.6. The van der Waals surface area contributed by atoms with Gasteiger partial charge >= 0.3 is 29.6 Å². The fourth-order valence-corrected chi connectivity index (χ4v) is 1.21. The molecule has 1 heterocycles. The number of pyridine rings is 1. The predicted molar refractivity (Wildman–Crippen MR) is 50.2 cm³/mol. The largest absolute Gasteiger partial charge is 1.00 e. The summed E-state index contributed by atoms with van der Waals surface area (Å²) < 4.78 is 0. The Labute approximate surface area is 111 Å². The van der Waals surface area contributed by atoms with E-state index in [0.29, 0.717) is 6.42 Å². The number of aliphatic carboxylic acids is 1. The van der Waals surface area contributed by atoms with Crippen LogP contribution in [0.5, 0.6) is 0 Å². The van der Waals surface area contributed by atoms with E-state index in [1.807, 2.05) is 0 Å². The standard InChI is InChI=1S/C10H14N2O2.Na/c1-2-10(11,9(13)14)6-8-4-3-5-12-7-8;/h3-5,7H,2,6,11H2,1H3,(H,13,14);/q;+1/p-1. The van der Waals surface area contributed by atoms with E-state index in [1.54, 1.807) is 31.5 Å². The molecule has 0 saturated carbocycles. The maximum Gasteiger partial charge on any atom is 1.00 e. The summed E-state index contributed by atoms with van der Waals surface area (Å²) in [4.78, 5) is 14.7. The Hall–Kier alpha value is -0.420. The fraction of sp³-hybridized carbons (Fsp3) is 0.400. The molecule has 0 amide bonds. The van der Waals surface area contributed by atoms with Gasteiger partial charge in [0.25, 0.3) is 0 Å². The Morgan fingerprint density at radius 1 is 1.67 bits per heavy atom. The molecule has 0 aliphatic heterocycles. The minimum atomic E-state index is -1.29. The van der Waals surface area contributed by atoms with Gasteiger partial charge in [-0.1, -0.05) is 13.0 Å². The number of carboxylic acids is 1. The van der Waals surface area contributed by atoms with Crippen LogP contribution >= 0.6 is 0 Å². The Bertz CT molecular complexity index is 318. The van der Waals surface area contributed by atoms with Crippen LogP contribution in [0.3, 0.4) is 0 Å². The van der Waals surface area contributed by atoms with Crippen LogP contribution in [0.15, 0.2) is 24.5 Å². The number of carboxylic acid groups (broad SMARTS) is 1. The zero-order valence-corrected chi connectivity index (χ0v) is 11.1.